The van der Waals surface area contributed by atoms with Crippen LogP contribution in [0.1, 0.15) is 22.3 Å². The van der Waals surface area contributed by atoms with Crippen LogP contribution in [0.3, 0.4) is 0 Å². The number of nitrogens with zero attached hydrogens (tertiary/aromatic N) is 2. The standard InChI is InChI=1S/C19H18N2O3/c1-23-19(22)15-3-2-4-17(11-15)24-18-9-10-21(13-18)16-7-5-14(12-20)6-8-16/h2-8,11,18H,9-10,13H2,1H3. The molecule has 1 aliphatic rings. The van der Waals surface area contributed by atoms with Crippen LogP contribution in [-0.2, 0) is 4.74 Å². The number of esters is 1. The van der Waals surface area contributed by atoms with E-state index < -0.39 is 0 Å². The summed E-state index contributed by atoms with van der Waals surface area (Å²) in [6.07, 6.45) is 0.969. The third-order valence-corrected chi connectivity index (χ3v) is 4.06. The van der Waals surface area contributed by atoms with Crippen molar-refractivity contribution < 1.29 is 14.3 Å². The molecule has 1 unspecified atom stereocenters. The van der Waals surface area contributed by atoms with E-state index in [2.05, 4.69) is 11.0 Å². The number of carbonyl (C=O) groups is 1. The highest BCUT2D eigenvalue weighted by atomic mass is 16.5. The number of nitriles is 1. The maximum atomic E-state index is 11.6. The monoisotopic (exact) mass is 322 g/mol. The molecule has 5 heteroatoms. The molecule has 5 nitrogen and oxygen atoms in total. The summed E-state index contributed by atoms with van der Waals surface area (Å²) in [4.78, 5) is 13.8. The van der Waals surface area contributed by atoms with Crippen LogP contribution >= 0.6 is 0 Å². The largest absolute Gasteiger partial charge is 0.488 e. The smallest absolute Gasteiger partial charge is 0.337 e. The number of benzene rings is 2. The van der Waals surface area contributed by atoms with Gasteiger partial charge in [-0.15, -0.1) is 0 Å². The Hall–Kier alpha value is -3.00. The number of anilines is 1. The first-order valence-electron chi connectivity index (χ1n) is 7.80. The van der Waals surface area contributed by atoms with E-state index in [9.17, 15) is 4.79 Å². The molecule has 24 heavy (non-hydrogen) atoms. The molecule has 0 bridgehead atoms. The van der Waals surface area contributed by atoms with Crippen LogP contribution in [0.2, 0.25) is 0 Å². The van der Waals surface area contributed by atoms with Crippen molar-refractivity contribution >= 4 is 11.7 Å². The summed E-state index contributed by atoms with van der Waals surface area (Å²) in [5.41, 5.74) is 2.23. The van der Waals surface area contributed by atoms with Gasteiger partial charge < -0.3 is 14.4 Å². The predicted octanol–water partition coefficient (Wildman–Crippen LogP) is 3.00. The maximum Gasteiger partial charge on any atom is 0.337 e. The molecule has 0 spiro atoms. The summed E-state index contributed by atoms with van der Waals surface area (Å²) < 4.78 is 10.7. The Morgan fingerprint density at radius 3 is 2.75 bits per heavy atom. The van der Waals surface area contributed by atoms with E-state index in [0.29, 0.717) is 16.9 Å². The van der Waals surface area contributed by atoms with E-state index in [1.807, 2.05) is 30.3 Å². The maximum absolute atomic E-state index is 11.6. The highest BCUT2D eigenvalue weighted by Crippen LogP contribution is 2.24. The third-order valence-electron chi connectivity index (χ3n) is 4.06. The lowest BCUT2D eigenvalue weighted by Crippen LogP contribution is -2.24. The van der Waals surface area contributed by atoms with Crippen LogP contribution in [0.15, 0.2) is 48.5 Å². The van der Waals surface area contributed by atoms with Gasteiger partial charge in [-0.2, -0.15) is 5.26 Å². The lowest BCUT2D eigenvalue weighted by molar-refractivity contribution is 0.0600. The Bertz CT molecular complexity index is 765. The average Bonchev–Trinajstić information content (AvgIpc) is 3.09. The van der Waals surface area contributed by atoms with E-state index in [0.717, 1.165) is 25.2 Å². The van der Waals surface area contributed by atoms with Gasteiger partial charge in [0.25, 0.3) is 0 Å². The van der Waals surface area contributed by atoms with Crippen LogP contribution in [-0.4, -0.2) is 32.3 Å². The number of carbonyl (C=O) groups excluding carboxylic acids is 1. The molecule has 1 saturated heterocycles. The number of ether oxygens (including phenoxy) is 2. The van der Waals surface area contributed by atoms with Gasteiger partial charge in [0.15, 0.2) is 0 Å². The molecule has 0 saturated carbocycles. The molecule has 0 aliphatic carbocycles. The first kappa shape index (κ1) is 15.9. The molecular weight excluding hydrogens is 304 g/mol. The fourth-order valence-corrected chi connectivity index (χ4v) is 2.81. The van der Waals surface area contributed by atoms with Crippen molar-refractivity contribution in [3.63, 3.8) is 0 Å². The van der Waals surface area contributed by atoms with E-state index >= 15 is 0 Å². The number of hydrogen-bond donors (Lipinski definition) is 0. The Labute approximate surface area is 141 Å². The van der Waals surface area contributed by atoms with E-state index in [4.69, 9.17) is 14.7 Å². The molecule has 1 fully saturated rings. The second-order valence-electron chi connectivity index (χ2n) is 5.65. The molecular formula is C19H18N2O3. The highest BCUT2D eigenvalue weighted by molar-refractivity contribution is 5.89. The van der Waals surface area contributed by atoms with Gasteiger partial charge in [-0.3, -0.25) is 0 Å². The van der Waals surface area contributed by atoms with Crippen molar-refractivity contribution in [3.05, 3.63) is 59.7 Å². The molecule has 0 N–H and O–H groups in total. The van der Waals surface area contributed by atoms with Crippen molar-refractivity contribution in [2.45, 2.75) is 12.5 Å². The van der Waals surface area contributed by atoms with Crippen LogP contribution in [0, 0.1) is 11.3 Å². The summed E-state index contributed by atoms with van der Waals surface area (Å²) >= 11 is 0. The van der Waals surface area contributed by atoms with Gasteiger partial charge in [0.1, 0.15) is 11.9 Å². The van der Waals surface area contributed by atoms with Gasteiger partial charge in [-0.25, -0.2) is 4.79 Å². The van der Waals surface area contributed by atoms with Crippen LogP contribution < -0.4 is 9.64 Å². The molecule has 2 aromatic carbocycles. The first-order valence-corrected chi connectivity index (χ1v) is 7.80. The fourth-order valence-electron chi connectivity index (χ4n) is 2.81. The van der Waals surface area contributed by atoms with Crippen LogP contribution in [0.4, 0.5) is 5.69 Å². The predicted molar refractivity (Wildman–Crippen MR) is 90.2 cm³/mol. The minimum Gasteiger partial charge on any atom is -0.488 e. The van der Waals surface area contributed by atoms with Crippen LogP contribution in [0.25, 0.3) is 0 Å². The molecule has 1 heterocycles. The Kier molecular flexibility index (Phi) is 4.66. The molecule has 0 amide bonds. The fraction of sp³-hybridized carbons (Fsp3) is 0.263. The molecule has 1 aliphatic heterocycles. The van der Waals surface area contributed by atoms with Crippen molar-refractivity contribution in [1.29, 1.82) is 5.26 Å². The van der Waals surface area contributed by atoms with Crippen molar-refractivity contribution in [2.75, 3.05) is 25.1 Å². The summed E-state index contributed by atoms with van der Waals surface area (Å²) in [6.45, 7) is 1.67. The van der Waals surface area contributed by atoms with Crippen molar-refractivity contribution in [3.8, 4) is 11.8 Å². The lowest BCUT2D eigenvalue weighted by atomic mass is 10.2. The molecule has 3 rings (SSSR count). The molecule has 122 valence electrons. The normalized spacial score (nSPS) is 16.5. The van der Waals surface area contributed by atoms with Gasteiger partial charge in [0, 0.05) is 18.7 Å². The SMILES string of the molecule is COC(=O)c1cccc(OC2CCN(c3ccc(C#N)cc3)C2)c1. The number of hydrogen-bond acceptors (Lipinski definition) is 5. The summed E-state index contributed by atoms with van der Waals surface area (Å²) in [5.74, 6) is 0.302. The summed E-state index contributed by atoms with van der Waals surface area (Å²) in [6, 6.07) is 16.7. The minimum absolute atomic E-state index is 0.0635. The average molecular weight is 322 g/mol. The van der Waals surface area contributed by atoms with Gasteiger partial charge in [0.2, 0.25) is 0 Å². The Morgan fingerprint density at radius 1 is 1.25 bits per heavy atom. The zero-order valence-electron chi connectivity index (χ0n) is 13.4. The first-order chi connectivity index (χ1) is 11.7. The molecule has 2 aromatic rings. The van der Waals surface area contributed by atoms with Crippen molar-refractivity contribution in [2.24, 2.45) is 0 Å². The Morgan fingerprint density at radius 2 is 2.04 bits per heavy atom. The van der Waals surface area contributed by atoms with Crippen LogP contribution in [0.5, 0.6) is 5.75 Å². The quantitative estimate of drug-likeness (QED) is 0.810. The van der Waals surface area contributed by atoms with Crippen molar-refractivity contribution in [1.82, 2.24) is 0 Å². The van der Waals surface area contributed by atoms with Gasteiger partial charge in [-0.1, -0.05) is 6.07 Å². The van der Waals surface area contributed by atoms with Gasteiger partial charge in [-0.05, 0) is 42.5 Å². The lowest BCUT2D eigenvalue weighted by Gasteiger charge is -2.19. The number of rotatable bonds is 4. The van der Waals surface area contributed by atoms with E-state index in [1.54, 1.807) is 18.2 Å². The zero-order valence-corrected chi connectivity index (χ0v) is 13.4. The topological polar surface area (TPSA) is 62.6 Å². The number of methoxy groups -OCH3 is 1. The van der Waals surface area contributed by atoms with E-state index in [1.165, 1.54) is 7.11 Å². The second kappa shape index (κ2) is 7.05. The Balaban J connectivity index is 1.64. The minimum atomic E-state index is -0.369. The van der Waals surface area contributed by atoms with E-state index in [-0.39, 0.29) is 12.1 Å². The summed E-state index contributed by atoms with van der Waals surface area (Å²) in [5, 5.41) is 8.86. The van der Waals surface area contributed by atoms with Gasteiger partial charge >= 0.3 is 5.97 Å². The molecule has 0 aromatic heterocycles. The third kappa shape index (κ3) is 3.49. The zero-order chi connectivity index (χ0) is 16.9. The van der Waals surface area contributed by atoms with Gasteiger partial charge in [0.05, 0.1) is 30.9 Å². The molecule has 0 radical (unpaired) electrons. The second-order valence-corrected chi connectivity index (χ2v) is 5.65. The highest BCUT2D eigenvalue weighted by Gasteiger charge is 2.24. The molecule has 1 atom stereocenters. The summed E-state index contributed by atoms with van der Waals surface area (Å²) in [7, 11) is 1.36.